The molecule has 1 aromatic carbocycles. The summed E-state index contributed by atoms with van der Waals surface area (Å²) < 4.78 is 97.2. The van der Waals surface area contributed by atoms with Crippen LogP contribution in [0.2, 0.25) is 0 Å². The van der Waals surface area contributed by atoms with Crippen molar-refractivity contribution in [2.75, 3.05) is 18.6 Å². The number of carbonyl (C=O) groups excluding carboxylic acids is 1. The van der Waals surface area contributed by atoms with E-state index < -0.39 is 67.9 Å². The van der Waals surface area contributed by atoms with Crippen LogP contribution in [0.3, 0.4) is 0 Å². The van der Waals surface area contributed by atoms with Crippen molar-refractivity contribution < 1.29 is 43.7 Å². The molecule has 0 spiro atoms. The van der Waals surface area contributed by atoms with Gasteiger partial charge in [0.05, 0.1) is 24.0 Å². The van der Waals surface area contributed by atoms with Crippen LogP contribution in [-0.2, 0) is 35.2 Å². The van der Waals surface area contributed by atoms with Crippen LogP contribution in [0.1, 0.15) is 37.8 Å². The zero-order valence-corrected chi connectivity index (χ0v) is 18.3. The van der Waals surface area contributed by atoms with Crippen molar-refractivity contribution in [1.82, 2.24) is 4.31 Å². The molecule has 0 saturated carbocycles. The average Bonchev–Trinajstić information content (AvgIpc) is 2.84. The Bertz CT molecular complexity index is 997. The lowest BCUT2D eigenvalue weighted by Crippen LogP contribution is -2.46. The van der Waals surface area contributed by atoms with Crippen molar-refractivity contribution >= 4 is 26.2 Å². The molecule has 13 heteroatoms. The highest BCUT2D eigenvalue weighted by Gasteiger charge is 2.49. The molecule has 170 valence electrons. The number of alkyl halides is 3. The summed E-state index contributed by atoms with van der Waals surface area (Å²) in [5, 5.41) is 0. The van der Waals surface area contributed by atoms with Crippen LogP contribution in [0.5, 0.6) is 0 Å². The second kappa shape index (κ2) is 8.00. The summed E-state index contributed by atoms with van der Waals surface area (Å²) in [4.78, 5) is 12.5. The molecule has 0 unspecified atom stereocenters. The summed E-state index contributed by atoms with van der Waals surface area (Å²) in [5.74, 6) is -1.80. The number of sulfone groups is 1. The van der Waals surface area contributed by atoms with Crippen molar-refractivity contribution in [2.24, 2.45) is 0 Å². The van der Waals surface area contributed by atoms with Gasteiger partial charge in [0.2, 0.25) is 0 Å². The summed E-state index contributed by atoms with van der Waals surface area (Å²) in [7, 11) is -8.28. The minimum absolute atomic E-state index is 0.104. The fraction of sp³-hybridized carbons (Fsp3) is 0.588. The van der Waals surface area contributed by atoms with Crippen molar-refractivity contribution in [3.8, 4) is 0 Å². The SMILES string of the molecule is CC(C)(C)OC(=O)N1[C@H]([C@H](CS(C)(=O)=O)c2ccc(C(F)(F)F)cc2)COS1(=O)=O. The third-order valence-electron chi connectivity index (χ3n) is 4.12. The lowest BCUT2D eigenvalue weighted by atomic mass is 9.92. The van der Waals surface area contributed by atoms with E-state index in [0.717, 1.165) is 30.5 Å². The van der Waals surface area contributed by atoms with Crippen molar-refractivity contribution in [1.29, 1.82) is 0 Å². The second-order valence-electron chi connectivity index (χ2n) is 7.90. The Labute approximate surface area is 173 Å². The van der Waals surface area contributed by atoms with E-state index >= 15 is 0 Å². The Morgan fingerprint density at radius 3 is 2.20 bits per heavy atom. The van der Waals surface area contributed by atoms with Gasteiger partial charge in [0.25, 0.3) is 0 Å². The smallest absolute Gasteiger partial charge is 0.426 e. The maximum atomic E-state index is 12.9. The molecule has 0 bridgehead atoms. The van der Waals surface area contributed by atoms with Crippen molar-refractivity contribution in [2.45, 2.75) is 44.5 Å². The number of nitrogens with zero attached hydrogens (tertiary/aromatic N) is 1. The third-order valence-corrected chi connectivity index (χ3v) is 6.42. The van der Waals surface area contributed by atoms with Gasteiger partial charge in [0.15, 0.2) is 0 Å². The van der Waals surface area contributed by atoms with Gasteiger partial charge in [-0.3, -0.25) is 4.18 Å². The Hall–Kier alpha value is -1.86. The zero-order chi connectivity index (χ0) is 23.1. The standard InChI is InChI=1S/C17H22F3NO7S2/c1-16(2,3)28-15(22)21-14(9-27-30(21,25)26)13(10-29(4,23)24)11-5-7-12(8-6-11)17(18,19)20/h5-8,13-14H,9-10H2,1-4H3/t13-,14+/m1/s1. The number of amides is 1. The highest BCUT2D eigenvalue weighted by Crippen LogP contribution is 2.35. The first-order valence-electron chi connectivity index (χ1n) is 8.67. The van der Waals surface area contributed by atoms with Gasteiger partial charge in [-0.25, -0.2) is 13.2 Å². The van der Waals surface area contributed by atoms with Crippen molar-refractivity contribution in [3.05, 3.63) is 35.4 Å². The molecule has 1 aliphatic heterocycles. The highest BCUT2D eigenvalue weighted by atomic mass is 32.2. The van der Waals surface area contributed by atoms with Gasteiger partial charge in [-0.1, -0.05) is 12.1 Å². The third kappa shape index (κ3) is 6.08. The molecular weight excluding hydrogens is 451 g/mol. The first-order chi connectivity index (χ1) is 13.4. The van der Waals surface area contributed by atoms with E-state index in [2.05, 4.69) is 0 Å². The summed E-state index contributed by atoms with van der Waals surface area (Å²) in [5.41, 5.74) is -1.91. The number of rotatable bonds is 4. The molecule has 2 rings (SSSR count). The van der Waals surface area contributed by atoms with Gasteiger partial charge < -0.3 is 4.74 Å². The predicted octanol–water partition coefficient (Wildman–Crippen LogP) is 2.71. The van der Waals surface area contributed by atoms with Crippen LogP contribution < -0.4 is 0 Å². The first-order valence-corrected chi connectivity index (χ1v) is 12.1. The Morgan fingerprint density at radius 1 is 1.23 bits per heavy atom. The summed E-state index contributed by atoms with van der Waals surface area (Å²) in [6.07, 6.45) is -4.98. The molecule has 1 saturated heterocycles. The maximum Gasteiger partial charge on any atom is 0.426 e. The van der Waals surface area contributed by atoms with E-state index in [9.17, 15) is 34.8 Å². The Morgan fingerprint density at radius 2 is 1.77 bits per heavy atom. The van der Waals surface area contributed by atoms with Gasteiger partial charge in [0.1, 0.15) is 15.4 Å². The molecule has 1 amide bonds. The number of hydrogen-bond acceptors (Lipinski definition) is 7. The molecule has 1 aliphatic rings. The summed E-state index contributed by atoms with van der Waals surface area (Å²) in [6, 6.07) is 2.30. The first kappa shape index (κ1) is 24.4. The molecule has 0 aliphatic carbocycles. The van der Waals surface area contributed by atoms with Crippen LogP contribution >= 0.6 is 0 Å². The van der Waals surface area contributed by atoms with E-state index in [1.807, 2.05) is 0 Å². The monoisotopic (exact) mass is 473 g/mol. The number of hydrogen-bond donors (Lipinski definition) is 0. The lowest BCUT2D eigenvalue weighted by molar-refractivity contribution is -0.137. The maximum absolute atomic E-state index is 12.9. The number of benzene rings is 1. The van der Waals surface area contributed by atoms with Crippen LogP contribution in [-0.4, -0.2) is 57.5 Å². The fourth-order valence-electron chi connectivity index (χ4n) is 2.93. The van der Waals surface area contributed by atoms with Gasteiger partial charge in [-0.15, -0.1) is 0 Å². The molecule has 0 aromatic heterocycles. The van der Waals surface area contributed by atoms with Crippen LogP contribution in [0.25, 0.3) is 0 Å². The van der Waals surface area contributed by atoms with Crippen LogP contribution in [0.4, 0.5) is 18.0 Å². The largest absolute Gasteiger partial charge is 0.443 e. The topological polar surface area (TPSA) is 107 Å². The minimum Gasteiger partial charge on any atom is -0.443 e. The van der Waals surface area contributed by atoms with Crippen molar-refractivity contribution in [3.63, 3.8) is 0 Å². The van der Waals surface area contributed by atoms with E-state index in [1.54, 1.807) is 0 Å². The molecule has 1 fully saturated rings. The fourth-order valence-corrected chi connectivity index (χ4v) is 5.19. The van der Waals surface area contributed by atoms with Crippen LogP contribution in [0, 0.1) is 0 Å². The number of ether oxygens (including phenoxy) is 1. The predicted molar refractivity (Wildman–Crippen MR) is 101 cm³/mol. The van der Waals surface area contributed by atoms with Crippen LogP contribution in [0.15, 0.2) is 24.3 Å². The Balaban J connectivity index is 2.51. The number of halogens is 3. The van der Waals surface area contributed by atoms with Gasteiger partial charge in [0, 0.05) is 12.2 Å². The summed E-state index contributed by atoms with van der Waals surface area (Å²) in [6.45, 7) is 3.96. The molecule has 1 aromatic rings. The molecular formula is C17H22F3NO7S2. The number of carbonyl (C=O) groups is 1. The van der Waals surface area contributed by atoms with E-state index in [4.69, 9.17) is 8.92 Å². The van der Waals surface area contributed by atoms with Gasteiger partial charge in [-0.2, -0.15) is 25.9 Å². The zero-order valence-electron chi connectivity index (χ0n) is 16.6. The van der Waals surface area contributed by atoms with E-state index in [-0.39, 0.29) is 5.56 Å². The van der Waals surface area contributed by atoms with Gasteiger partial charge >= 0.3 is 22.6 Å². The highest BCUT2D eigenvalue weighted by molar-refractivity contribution is 7.90. The molecule has 30 heavy (non-hydrogen) atoms. The van der Waals surface area contributed by atoms with E-state index in [1.165, 1.54) is 20.8 Å². The molecule has 0 N–H and O–H groups in total. The van der Waals surface area contributed by atoms with Gasteiger partial charge in [-0.05, 0) is 38.5 Å². The van der Waals surface area contributed by atoms with E-state index in [0.29, 0.717) is 4.31 Å². The second-order valence-corrected chi connectivity index (χ2v) is 11.6. The average molecular weight is 473 g/mol. The normalized spacial score (nSPS) is 20.8. The summed E-state index contributed by atoms with van der Waals surface area (Å²) >= 11 is 0. The molecule has 2 atom stereocenters. The quantitative estimate of drug-likeness (QED) is 0.662. The minimum atomic E-state index is -4.60. The molecule has 0 radical (unpaired) electrons. The molecule has 8 nitrogen and oxygen atoms in total. The lowest BCUT2D eigenvalue weighted by Gasteiger charge is -2.30. The molecule has 1 heterocycles. The Kier molecular flexibility index (Phi) is 6.51.